The summed E-state index contributed by atoms with van der Waals surface area (Å²) >= 11 is 3.26. The molecule has 0 aliphatic rings. The van der Waals surface area contributed by atoms with Gasteiger partial charge in [0.1, 0.15) is 4.32 Å². The van der Waals surface area contributed by atoms with Gasteiger partial charge in [0.05, 0.1) is 12.5 Å². The Labute approximate surface area is 160 Å². The van der Waals surface area contributed by atoms with Crippen LogP contribution in [0.15, 0.2) is 4.99 Å². The molecule has 6 N–H and O–H groups in total. The van der Waals surface area contributed by atoms with Crippen LogP contribution in [-0.2, 0) is 14.4 Å². The van der Waals surface area contributed by atoms with E-state index in [1.54, 1.807) is 0 Å². The van der Waals surface area contributed by atoms with Crippen molar-refractivity contribution in [2.24, 2.45) is 10.7 Å². The minimum absolute atomic E-state index is 0.207. The van der Waals surface area contributed by atoms with E-state index in [2.05, 4.69) is 20.9 Å². The van der Waals surface area contributed by atoms with Crippen molar-refractivity contribution >= 4 is 45.5 Å². The monoisotopic (exact) mass is 439 g/mol. The van der Waals surface area contributed by atoms with Gasteiger partial charge < -0.3 is 21.1 Å². The number of imide groups is 1. The lowest BCUT2D eigenvalue weighted by Crippen LogP contribution is -2.46. The molecule has 0 heterocycles. The Morgan fingerprint density at radius 2 is 1.65 bits per heavy atom. The number of halogens is 1. The highest BCUT2D eigenvalue weighted by molar-refractivity contribution is 9.10. The molecule has 0 radical (unpaired) electrons. The number of hydrogen-bond donors (Lipinski definition) is 5. The number of rotatable bonds is 8. The second kappa shape index (κ2) is 12.4. The summed E-state index contributed by atoms with van der Waals surface area (Å²) < 4.78 is -0.665. The molecule has 0 rings (SSSR count). The average Bonchev–Trinajstić information content (AvgIpc) is 2.52. The molecule has 0 aromatic heterocycles. The molecule has 26 heavy (non-hydrogen) atoms. The molecule has 2 unspecified atom stereocenters. The fourth-order valence-corrected chi connectivity index (χ4v) is 1.60. The number of aliphatic imine (C=N–C) groups is 1. The highest BCUT2D eigenvalue weighted by Crippen LogP contribution is 2.26. The van der Waals surface area contributed by atoms with Crippen molar-refractivity contribution in [2.75, 3.05) is 0 Å². The number of amides is 3. The van der Waals surface area contributed by atoms with Crippen molar-refractivity contribution in [2.45, 2.75) is 63.4 Å². The number of carboxylic acids is 2. The topological polar surface area (TPSA) is 179 Å². The number of hydrogen-bond acceptors (Lipinski definition) is 6. The Morgan fingerprint density at radius 1 is 1.19 bits per heavy atom. The summed E-state index contributed by atoms with van der Waals surface area (Å²) in [5.41, 5.74) is 5.01. The maximum Gasteiger partial charge on any atom is 0.329 e. The number of nitrogens with zero attached hydrogens (tertiary/aromatic N) is 1. The van der Waals surface area contributed by atoms with Crippen LogP contribution >= 0.6 is 15.9 Å². The number of carbonyl (C=O) groups is 4. The lowest BCUT2D eigenvalue weighted by atomic mass is 10.0. The zero-order chi connectivity index (χ0) is 21.1. The van der Waals surface area contributed by atoms with E-state index in [-0.39, 0.29) is 11.6 Å². The van der Waals surface area contributed by atoms with Gasteiger partial charge in [-0.3, -0.25) is 19.9 Å². The minimum atomic E-state index is -1.33. The van der Waals surface area contributed by atoms with Gasteiger partial charge in [-0.05, 0) is 26.7 Å². The number of urea groups is 1. The molecule has 0 fully saturated rings. The molecular formula is C15H26BrN3O7. The summed E-state index contributed by atoms with van der Waals surface area (Å²) in [4.78, 5) is 46.0. The van der Waals surface area contributed by atoms with Gasteiger partial charge >= 0.3 is 18.0 Å². The second-order valence-corrected chi connectivity index (χ2v) is 6.91. The van der Waals surface area contributed by atoms with E-state index < -0.39 is 40.9 Å². The SMILES string of the molecule is CC(=NC(CC(=O)O)C(=O)O)C(C)O.CCC(Br)(CC)C(=O)NC(N)=O. The smallest absolute Gasteiger partial charge is 0.329 e. The molecule has 0 bridgehead atoms. The Bertz CT molecular complexity index is 545. The first-order valence-corrected chi connectivity index (χ1v) is 8.56. The number of carbonyl (C=O) groups excluding carboxylic acids is 2. The summed E-state index contributed by atoms with van der Waals surface area (Å²) in [5.74, 6) is -2.92. The Hall–Kier alpha value is -2.01. The maximum absolute atomic E-state index is 11.3. The van der Waals surface area contributed by atoms with Crippen LogP contribution in [0.3, 0.4) is 0 Å². The third kappa shape index (κ3) is 10.8. The third-order valence-electron chi connectivity index (χ3n) is 3.38. The van der Waals surface area contributed by atoms with Gasteiger partial charge in [-0.2, -0.15) is 0 Å². The summed E-state index contributed by atoms with van der Waals surface area (Å²) in [6, 6.07) is -2.15. The van der Waals surface area contributed by atoms with Crippen molar-refractivity contribution in [3.8, 4) is 0 Å². The molecule has 0 saturated heterocycles. The van der Waals surface area contributed by atoms with Crippen molar-refractivity contribution < 1.29 is 34.5 Å². The van der Waals surface area contributed by atoms with Crippen molar-refractivity contribution in [3.05, 3.63) is 0 Å². The number of aliphatic hydroxyl groups is 1. The van der Waals surface area contributed by atoms with Crippen LogP contribution in [0, 0.1) is 0 Å². The van der Waals surface area contributed by atoms with Gasteiger partial charge in [-0.25, -0.2) is 9.59 Å². The molecule has 3 amide bonds. The van der Waals surface area contributed by atoms with Crippen molar-refractivity contribution in [1.82, 2.24) is 5.32 Å². The average molecular weight is 440 g/mol. The highest BCUT2D eigenvalue weighted by atomic mass is 79.9. The zero-order valence-electron chi connectivity index (χ0n) is 15.2. The van der Waals surface area contributed by atoms with E-state index in [1.165, 1.54) is 13.8 Å². The second-order valence-electron chi connectivity index (χ2n) is 5.39. The Morgan fingerprint density at radius 3 is 1.92 bits per heavy atom. The zero-order valence-corrected chi connectivity index (χ0v) is 16.7. The van der Waals surface area contributed by atoms with Gasteiger partial charge in [0, 0.05) is 5.71 Å². The lowest BCUT2D eigenvalue weighted by Gasteiger charge is -2.21. The number of alkyl halides is 1. The predicted octanol–water partition coefficient (Wildman–Crippen LogP) is 0.891. The van der Waals surface area contributed by atoms with Crippen LogP contribution in [0.1, 0.15) is 47.0 Å². The molecule has 0 saturated carbocycles. The summed E-state index contributed by atoms with van der Waals surface area (Å²) in [5, 5.41) is 28.0. The molecule has 0 aliphatic heterocycles. The van der Waals surface area contributed by atoms with Crippen molar-refractivity contribution in [1.29, 1.82) is 0 Å². The summed E-state index contributed by atoms with van der Waals surface area (Å²) in [7, 11) is 0. The van der Waals surface area contributed by atoms with Gasteiger partial charge in [-0.15, -0.1) is 0 Å². The number of aliphatic carboxylic acids is 2. The summed E-state index contributed by atoms with van der Waals surface area (Å²) in [6.07, 6.45) is -0.226. The van der Waals surface area contributed by atoms with E-state index in [0.29, 0.717) is 12.8 Å². The van der Waals surface area contributed by atoms with Crippen LogP contribution in [0.25, 0.3) is 0 Å². The van der Waals surface area contributed by atoms with Gasteiger partial charge in [0.2, 0.25) is 5.91 Å². The third-order valence-corrected chi connectivity index (χ3v) is 4.86. The van der Waals surface area contributed by atoms with E-state index in [9.17, 15) is 19.2 Å². The first-order chi connectivity index (χ1) is 11.8. The quantitative estimate of drug-likeness (QED) is 0.275. The molecular weight excluding hydrogens is 414 g/mol. The van der Waals surface area contributed by atoms with Crippen LogP contribution in [-0.4, -0.2) is 61.4 Å². The Balaban J connectivity index is 0. The van der Waals surface area contributed by atoms with Crippen molar-refractivity contribution in [3.63, 3.8) is 0 Å². The normalized spacial score (nSPS) is 13.7. The molecule has 10 nitrogen and oxygen atoms in total. The fraction of sp³-hybridized carbons (Fsp3) is 0.667. The van der Waals surface area contributed by atoms with E-state index in [1.807, 2.05) is 19.2 Å². The number of primary amides is 1. The first-order valence-electron chi connectivity index (χ1n) is 7.77. The molecule has 0 aliphatic carbocycles. The molecule has 11 heteroatoms. The highest BCUT2D eigenvalue weighted by Gasteiger charge is 2.32. The van der Waals surface area contributed by atoms with Gasteiger partial charge in [0.15, 0.2) is 6.04 Å². The van der Waals surface area contributed by atoms with Gasteiger partial charge in [0.25, 0.3) is 0 Å². The van der Waals surface area contributed by atoms with Crippen LogP contribution in [0.5, 0.6) is 0 Å². The standard InChI is InChI=1S/C8H13NO5.C7H13BrN2O2/c1-4(5(2)10)9-6(8(13)14)3-7(11)12;1-3-7(8,4-2)5(11)10-6(9)12/h5-6,10H,3H2,1-2H3,(H,11,12)(H,13,14);3-4H2,1-2H3,(H3,9,10,11,12). The van der Waals surface area contributed by atoms with Gasteiger partial charge in [-0.1, -0.05) is 29.8 Å². The van der Waals surface area contributed by atoms with Crippen LogP contribution < -0.4 is 11.1 Å². The fourth-order valence-electron chi connectivity index (χ4n) is 1.50. The maximum atomic E-state index is 11.3. The molecule has 0 spiro atoms. The Kier molecular flexibility index (Phi) is 12.5. The lowest BCUT2D eigenvalue weighted by molar-refractivity contribution is -0.144. The summed E-state index contributed by atoms with van der Waals surface area (Å²) in [6.45, 7) is 6.60. The predicted molar refractivity (Wildman–Crippen MR) is 98.4 cm³/mol. The number of nitrogens with two attached hydrogens (primary N) is 1. The first kappa shape index (κ1) is 26.2. The van der Waals surface area contributed by atoms with E-state index in [0.717, 1.165) is 0 Å². The largest absolute Gasteiger partial charge is 0.481 e. The van der Waals surface area contributed by atoms with E-state index in [4.69, 9.17) is 21.1 Å². The molecule has 150 valence electrons. The van der Waals surface area contributed by atoms with Crippen LogP contribution in [0.2, 0.25) is 0 Å². The molecule has 2 atom stereocenters. The molecule has 0 aromatic carbocycles. The minimum Gasteiger partial charge on any atom is -0.481 e. The number of nitrogens with one attached hydrogen (secondary N) is 1. The number of carboxylic acid groups (broad SMARTS) is 2. The van der Waals surface area contributed by atoms with Crippen LogP contribution in [0.4, 0.5) is 4.79 Å². The van der Waals surface area contributed by atoms with E-state index >= 15 is 0 Å². The number of aliphatic hydroxyl groups excluding tert-OH is 1. The molecule has 0 aromatic rings.